The zero-order chi connectivity index (χ0) is 20.8. The monoisotopic (exact) mass is 435 g/mol. The molecule has 0 bridgehead atoms. The molecule has 0 aliphatic carbocycles. The molecule has 2 amide bonds. The molecular weight excluding hydrogens is 410 g/mol. The van der Waals surface area contributed by atoms with Crippen LogP contribution in [0.5, 0.6) is 17.2 Å². The SMILES string of the molecule is CC(C)[C@H](N)C(=O)NCC(=O)Nc1cccc(COc2ccc3c(c2)OCO3)c1.Cl. The highest BCUT2D eigenvalue weighted by atomic mass is 35.5. The zero-order valence-electron chi connectivity index (χ0n) is 16.8. The van der Waals surface area contributed by atoms with Crippen LogP contribution in [0.3, 0.4) is 0 Å². The van der Waals surface area contributed by atoms with Crippen molar-refractivity contribution in [2.45, 2.75) is 26.5 Å². The van der Waals surface area contributed by atoms with Crippen molar-refractivity contribution < 1.29 is 23.8 Å². The van der Waals surface area contributed by atoms with E-state index in [0.717, 1.165) is 5.56 Å². The molecule has 8 nitrogen and oxygen atoms in total. The Morgan fingerprint density at radius 1 is 1.13 bits per heavy atom. The van der Waals surface area contributed by atoms with E-state index in [9.17, 15) is 9.59 Å². The van der Waals surface area contributed by atoms with Gasteiger partial charge in [-0.2, -0.15) is 0 Å². The Labute approximate surface area is 181 Å². The molecule has 0 saturated heterocycles. The summed E-state index contributed by atoms with van der Waals surface area (Å²) in [4.78, 5) is 23.9. The molecule has 2 aromatic rings. The van der Waals surface area contributed by atoms with Gasteiger partial charge < -0.3 is 30.6 Å². The number of halogens is 1. The van der Waals surface area contributed by atoms with Crippen LogP contribution < -0.4 is 30.6 Å². The molecule has 2 aromatic carbocycles. The first-order valence-corrected chi connectivity index (χ1v) is 9.37. The number of anilines is 1. The fourth-order valence-electron chi connectivity index (χ4n) is 2.67. The molecule has 4 N–H and O–H groups in total. The van der Waals surface area contributed by atoms with Crippen LogP contribution in [0.2, 0.25) is 0 Å². The van der Waals surface area contributed by atoms with Crippen LogP contribution in [-0.4, -0.2) is 31.2 Å². The smallest absolute Gasteiger partial charge is 0.243 e. The van der Waals surface area contributed by atoms with Crippen molar-refractivity contribution in [3.8, 4) is 17.2 Å². The summed E-state index contributed by atoms with van der Waals surface area (Å²) < 4.78 is 16.4. The lowest BCUT2D eigenvalue weighted by Gasteiger charge is -2.15. The Bertz CT molecular complexity index is 891. The second kappa shape index (κ2) is 10.7. The summed E-state index contributed by atoms with van der Waals surface area (Å²) >= 11 is 0. The van der Waals surface area contributed by atoms with Gasteiger partial charge >= 0.3 is 0 Å². The van der Waals surface area contributed by atoms with Gasteiger partial charge in [0, 0.05) is 11.8 Å². The molecule has 0 spiro atoms. The van der Waals surface area contributed by atoms with E-state index in [4.69, 9.17) is 19.9 Å². The van der Waals surface area contributed by atoms with E-state index in [0.29, 0.717) is 29.5 Å². The maximum Gasteiger partial charge on any atom is 0.243 e. The van der Waals surface area contributed by atoms with Gasteiger partial charge in [0.05, 0.1) is 12.6 Å². The number of ether oxygens (including phenoxy) is 3. The zero-order valence-corrected chi connectivity index (χ0v) is 17.7. The number of carbonyl (C=O) groups is 2. The summed E-state index contributed by atoms with van der Waals surface area (Å²) in [6.45, 7) is 4.09. The third kappa shape index (κ3) is 6.27. The molecule has 0 radical (unpaired) electrons. The van der Waals surface area contributed by atoms with Crippen LogP contribution in [0.25, 0.3) is 0 Å². The van der Waals surface area contributed by atoms with Gasteiger partial charge in [-0.1, -0.05) is 26.0 Å². The molecule has 0 fully saturated rings. The molecule has 0 saturated carbocycles. The van der Waals surface area contributed by atoms with Crippen LogP contribution in [0.1, 0.15) is 19.4 Å². The van der Waals surface area contributed by atoms with Gasteiger partial charge in [0.2, 0.25) is 18.6 Å². The van der Waals surface area contributed by atoms with Gasteiger partial charge in [0.1, 0.15) is 12.4 Å². The maximum absolute atomic E-state index is 12.1. The fourth-order valence-corrected chi connectivity index (χ4v) is 2.67. The number of fused-ring (bicyclic) bond motifs is 1. The molecule has 0 aromatic heterocycles. The van der Waals surface area contributed by atoms with Gasteiger partial charge in [-0.05, 0) is 35.7 Å². The van der Waals surface area contributed by atoms with Crippen molar-refractivity contribution in [3.05, 3.63) is 48.0 Å². The molecule has 162 valence electrons. The highest BCUT2D eigenvalue weighted by molar-refractivity contribution is 5.95. The lowest BCUT2D eigenvalue weighted by Crippen LogP contribution is -2.46. The molecule has 1 aliphatic heterocycles. The van der Waals surface area contributed by atoms with E-state index in [2.05, 4.69) is 10.6 Å². The number of nitrogens with one attached hydrogen (secondary N) is 2. The van der Waals surface area contributed by atoms with Crippen molar-refractivity contribution in [1.29, 1.82) is 0 Å². The number of rotatable bonds is 8. The number of amides is 2. The third-order valence-corrected chi connectivity index (χ3v) is 4.40. The summed E-state index contributed by atoms with van der Waals surface area (Å²) in [5.74, 6) is 1.34. The van der Waals surface area contributed by atoms with Crippen molar-refractivity contribution in [2.24, 2.45) is 11.7 Å². The average molecular weight is 436 g/mol. The van der Waals surface area contributed by atoms with E-state index >= 15 is 0 Å². The minimum atomic E-state index is -0.639. The average Bonchev–Trinajstić information content (AvgIpc) is 3.18. The molecule has 1 atom stereocenters. The topological polar surface area (TPSA) is 112 Å². The van der Waals surface area contributed by atoms with Crippen LogP contribution in [0.15, 0.2) is 42.5 Å². The van der Waals surface area contributed by atoms with Gasteiger partial charge in [-0.15, -0.1) is 12.4 Å². The van der Waals surface area contributed by atoms with Crippen LogP contribution >= 0.6 is 12.4 Å². The van der Waals surface area contributed by atoms with E-state index in [-0.39, 0.29) is 43.5 Å². The molecule has 9 heteroatoms. The van der Waals surface area contributed by atoms with Crippen LogP contribution in [0.4, 0.5) is 5.69 Å². The standard InChI is InChI=1S/C21H25N3O5.ClH/c1-13(2)20(22)21(26)23-10-19(25)24-15-5-3-4-14(8-15)11-27-16-6-7-17-18(9-16)29-12-28-17;/h3-9,13,20H,10-12,22H2,1-2H3,(H,23,26)(H,24,25);1H/t20-;/m0./s1. The number of nitrogens with two attached hydrogens (primary N) is 1. The number of benzene rings is 2. The van der Waals surface area contributed by atoms with Gasteiger partial charge in [0.25, 0.3) is 0 Å². The summed E-state index contributed by atoms with van der Waals surface area (Å²) in [6, 6.07) is 12.0. The second-order valence-corrected chi connectivity index (χ2v) is 7.04. The Morgan fingerprint density at radius 2 is 1.90 bits per heavy atom. The van der Waals surface area contributed by atoms with Gasteiger partial charge in [-0.25, -0.2) is 0 Å². The van der Waals surface area contributed by atoms with Crippen LogP contribution in [0, 0.1) is 5.92 Å². The summed E-state index contributed by atoms with van der Waals surface area (Å²) in [6.07, 6.45) is 0. The molecular formula is C21H26ClN3O5. The fraction of sp³-hybridized carbons (Fsp3) is 0.333. The van der Waals surface area contributed by atoms with Crippen molar-refractivity contribution >= 4 is 29.9 Å². The largest absolute Gasteiger partial charge is 0.489 e. The van der Waals surface area contributed by atoms with E-state index in [1.807, 2.05) is 38.1 Å². The second-order valence-electron chi connectivity index (χ2n) is 7.04. The van der Waals surface area contributed by atoms with Crippen molar-refractivity contribution in [2.75, 3.05) is 18.7 Å². The molecule has 1 heterocycles. The molecule has 30 heavy (non-hydrogen) atoms. The van der Waals surface area contributed by atoms with Gasteiger partial charge in [0.15, 0.2) is 11.5 Å². The van der Waals surface area contributed by atoms with Crippen molar-refractivity contribution in [1.82, 2.24) is 5.32 Å². The first kappa shape index (κ1) is 23.3. The molecule has 1 aliphatic rings. The molecule has 3 rings (SSSR count). The van der Waals surface area contributed by atoms with Crippen molar-refractivity contribution in [3.63, 3.8) is 0 Å². The third-order valence-electron chi connectivity index (χ3n) is 4.40. The highest BCUT2D eigenvalue weighted by Gasteiger charge is 2.17. The number of hydrogen-bond acceptors (Lipinski definition) is 6. The lowest BCUT2D eigenvalue weighted by atomic mass is 10.1. The minimum Gasteiger partial charge on any atom is -0.489 e. The van der Waals surface area contributed by atoms with Gasteiger partial charge in [-0.3, -0.25) is 9.59 Å². The summed E-state index contributed by atoms with van der Waals surface area (Å²) in [5, 5.41) is 5.29. The quantitative estimate of drug-likeness (QED) is 0.587. The number of carbonyl (C=O) groups excluding carboxylic acids is 2. The van der Waals surface area contributed by atoms with E-state index in [1.165, 1.54) is 0 Å². The lowest BCUT2D eigenvalue weighted by molar-refractivity contribution is -0.125. The maximum atomic E-state index is 12.1. The summed E-state index contributed by atoms with van der Waals surface area (Å²) in [7, 11) is 0. The van der Waals surface area contributed by atoms with E-state index < -0.39 is 6.04 Å². The Hall–Kier alpha value is -2.97. The first-order valence-electron chi connectivity index (χ1n) is 9.37. The Kier molecular flexibility index (Phi) is 8.32. The Balaban J connectivity index is 0.00000320. The predicted octanol–water partition coefficient (Wildman–Crippen LogP) is 2.45. The predicted molar refractivity (Wildman–Crippen MR) is 115 cm³/mol. The highest BCUT2D eigenvalue weighted by Crippen LogP contribution is 2.35. The minimum absolute atomic E-state index is 0. The molecule has 0 unspecified atom stereocenters. The normalized spacial score (nSPS) is 12.7. The Morgan fingerprint density at radius 3 is 2.67 bits per heavy atom. The number of hydrogen-bond donors (Lipinski definition) is 3. The first-order chi connectivity index (χ1) is 13.9. The van der Waals surface area contributed by atoms with E-state index in [1.54, 1.807) is 18.2 Å². The van der Waals surface area contributed by atoms with Crippen LogP contribution in [-0.2, 0) is 16.2 Å². The summed E-state index contributed by atoms with van der Waals surface area (Å²) in [5.41, 5.74) is 7.25.